The van der Waals surface area contributed by atoms with Crippen LogP contribution in [0.2, 0.25) is 0 Å². The van der Waals surface area contributed by atoms with E-state index in [-0.39, 0.29) is 24.3 Å². The van der Waals surface area contributed by atoms with E-state index in [0.29, 0.717) is 6.42 Å². The predicted octanol–water partition coefficient (Wildman–Crippen LogP) is 3.04. The molecule has 0 saturated heterocycles. The van der Waals surface area contributed by atoms with Crippen LogP contribution in [-0.2, 0) is 20.4 Å². The van der Waals surface area contributed by atoms with Crippen molar-refractivity contribution in [3.63, 3.8) is 0 Å². The maximum Gasteiger partial charge on any atom is 0.407 e. The number of nitrogens with one attached hydrogen (secondary N) is 1. The molecule has 5 nitrogen and oxygen atoms in total. The van der Waals surface area contributed by atoms with E-state index in [9.17, 15) is 13.2 Å². The van der Waals surface area contributed by atoms with E-state index in [1.807, 2.05) is 30.3 Å². The van der Waals surface area contributed by atoms with Crippen molar-refractivity contribution in [3.05, 3.63) is 35.9 Å². The van der Waals surface area contributed by atoms with Gasteiger partial charge in [-0.15, -0.1) is 0 Å². The number of halogens is 1. The van der Waals surface area contributed by atoms with Crippen LogP contribution in [0, 0.1) is 5.92 Å². The zero-order valence-corrected chi connectivity index (χ0v) is 13.8. The molecule has 0 aromatic heterocycles. The quantitative estimate of drug-likeness (QED) is 0.804. The lowest BCUT2D eigenvalue weighted by atomic mass is 10.0. The van der Waals surface area contributed by atoms with E-state index in [0.717, 1.165) is 24.8 Å². The predicted molar refractivity (Wildman–Crippen MR) is 85.1 cm³/mol. The maximum absolute atomic E-state index is 11.8. The van der Waals surface area contributed by atoms with Gasteiger partial charge in [0.2, 0.25) is 9.05 Å². The molecule has 1 saturated carbocycles. The fraction of sp³-hybridized carbons (Fsp3) is 0.533. The number of alkyl carbamates (subject to hydrolysis) is 1. The lowest BCUT2D eigenvalue weighted by Gasteiger charge is -2.20. The SMILES string of the molecule is O=C(NC1CCCC1CCS(=O)(=O)Cl)OCc1ccccc1. The van der Waals surface area contributed by atoms with Crippen LogP contribution in [0.15, 0.2) is 30.3 Å². The normalized spacial score (nSPS) is 21.5. The smallest absolute Gasteiger partial charge is 0.407 e. The van der Waals surface area contributed by atoms with Gasteiger partial charge in [-0.1, -0.05) is 36.8 Å². The summed E-state index contributed by atoms with van der Waals surface area (Å²) in [5, 5.41) is 2.84. The molecular weight excluding hydrogens is 326 g/mol. The molecule has 1 aliphatic carbocycles. The molecule has 0 heterocycles. The molecule has 2 rings (SSSR count). The van der Waals surface area contributed by atoms with Crippen molar-refractivity contribution in [3.8, 4) is 0 Å². The Hall–Kier alpha value is -1.27. The highest BCUT2D eigenvalue weighted by molar-refractivity contribution is 8.13. The van der Waals surface area contributed by atoms with Crippen molar-refractivity contribution in [1.82, 2.24) is 5.32 Å². The number of hydrogen-bond acceptors (Lipinski definition) is 4. The minimum absolute atomic E-state index is 0.0401. The molecule has 7 heteroatoms. The van der Waals surface area contributed by atoms with Gasteiger partial charge >= 0.3 is 6.09 Å². The molecule has 0 aliphatic heterocycles. The average Bonchev–Trinajstić information content (AvgIpc) is 2.90. The van der Waals surface area contributed by atoms with Crippen molar-refractivity contribution in [2.75, 3.05) is 5.75 Å². The Morgan fingerprint density at radius 3 is 2.68 bits per heavy atom. The van der Waals surface area contributed by atoms with Crippen molar-refractivity contribution in [2.24, 2.45) is 5.92 Å². The second-order valence-corrected chi connectivity index (χ2v) is 8.43. The van der Waals surface area contributed by atoms with E-state index < -0.39 is 15.1 Å². The summed E-state index contributed by atoms with van der Waals surface area (Å²) in [6.07, 6.45) is 2.71. The minimum Gasteiger partial charge on any atom is -0.445 e. The average molecular weight is 346 g/mol. The summed E-state index contributed by atoms with van der Waals surface area (Å²) < 4.78 is 27.2. The summed E-state index contributed by atoms with van der Waals surface area (Å²) in [7, 11) is 1.76. The van der Waals surface area contributed by atoms with Crippen molar-refractivity contribution in [2.45, 2.75) is 38.3 Å². The molecule has 0 radical (unpaired) electrons. The highest BCUT2D eigenvalue weighted by Crippen LogP contribution is 2.29. The van der Waals surface area contributed by atoms with Gasteiger partial charge < -0.3 is 10.1 Å². The highest BCUT2D eigenvalue weighted by Gasteiger charge is 2.29. The molecule has 1 aromatic carbocycles. The second-order valence-electron chi connectivity index (χ2n) is 5.54. The van der Waals surface area contributed by atoms with Gasteiger partial charge in [-0.2, -0.15) is 0 Å². The number of amides is 1. The molecule has 1 N–H and O–H groups in total. The Balaban J connectivity index is 1.77. The van der Waals surface area contributed by atoms with Crippen LogP contribution >= 0.6 is 10.7 Å². The van der Waals surface area contributed by atoms with Crippen LogP contribution < -0.4 is 5.32 Å². The summed E-state index contributed by atoms with van der Waals surface area (Å²) in [4.78, 5) is 11.8. The van der Waals surface area contributed by atoms with Crippen LogP contribution in [0.1, 0.15) is 31.2 Å². The molecule has 1 aromatic rings. The fourth-order valence-corrected chi connectivity index (χ4v) is 3.63. The summed E-state index contributed by atoms with van der Waals surface area (Å²) >= 11 is 0. The van der Waals surface area contributed by atoms with Gasteiger partial charge in [-0.3, -0.25) is 0 Å². The molecule has 122 valence electrons. The lowest BCUT2D eigenvalue weighted by molar-refractivity contribution is 0.133. The molecular formula is C15H20ClNO4S. The van der Waals surface area contributed by atoms with E-state index in [1.165, 1.54) is 0 Å². The Bertz CT molecular complexity index is 591. The van der Waals surface area contributed by atoms with Gasteiger partial charge in [0.1, 0.15) is 6.61 Å². The zero-order valence-electron chi connectivity index (χ0n) is 12.2. The third-order valence-corrected chi connectivity index (χ3v) is 5.09. The minimum atomic E-state index is -3.48. The van der Waals surface area contributed by atoms with Crippen LogP contribution in [0.5, 0.6) is 0 Å². The van der Waals surface area contributed by atoms with E-state index >= 15 is 0 Å². The first-order valence-electron chi connectivity index (χ1n) is 7.33. The molecule has 2 atom stereocenters. The van der Waals surface area contributed by atoms with Crippen LogP contribution in [0.4, 0.5) is 4.79 Å². The maximum atomic E-state index is 11.8. The first kappa shape index (κ1) is 17.1. The molecule has 0 spiro atoms. The van der Waals surface area contributed by atoms with Gasteiger partial charge in [-0.05, 0) is 30.7 Å². The molecule has 22 heavy (non-hydrogen) atoms. The number of carbonyl (C=O) groups is 1. The summed E-state index contributed by atoms with van der Waals surface area (Å²) in [5.41, 5.74) is 0.925. The van der Waals surface area contributed by atoms with Gasteiger partial charge in [-0.25, -0.2) is 13.2 Å². The Morgan fingerprint density at radius 1 is 1.27 bits per heavy atom. The molecule has 2 unspecified atom stereocenters. The first-order chi connectivity index (χ1) is 10.4. The van der Waals surface area contributed by atoms with E-state index in [1.54, 1.807) is 0 Å². The van der Waals surface area contributed by atoms with Crippen LogP contribution in [0.3, 0.4) is 0 Å². The topological polar surface area (TPSA) is 72.5 Å². The van der Waals surface area contributed by atoms with Gasteiger partial charge in [0, 0.05) is 16.7 Å². The van der Waals surface area contributed by atoms with Gasteiger partial charge in [0.05, 0.1) is 5.75 Å². The second kappa shape index (κ2) is 7.83. The fourth-order valence-electron chi connectivity index (χ4n) is 2.78. The van der Waals surface area contributed by atoms with Gasteiger partial charge in [0.25, 0.3) is 0 Å². The Kier molecular flexibility index (Phi) is 6.08. The third-order valence-electron chi connectivity index (χ3n) is 3.91. The molecule has 1 fully saturated rings. The third kappa shape index (κ3) is 5.85. The molecule has 0 bridgehead atoms. The lowest BCUT2D eigenvalue weighted by Crippen LogP contribution is -2.38. The van der Waals surface area contributed by atoms with Gasteiger partial charge in [0.15, 0.2) is 0 Å². The van der Waals surface area contributed by atoms with E-state index in [2.05, 4.69) is 5.32 Å². The Labute approximate surface area is 135 Å². The molecule has 1 amide bonds. The van der Waals surface area contributed by atoms with Crippen molar-refractivity contribution in [1.29, 1.82) is 0 Å². The highest BCUT2D eigenvalue weighted by atomic mass is 35.7. The Morgan fingerprint density at radius 2 is 2.00 bits per heavy atom. The summed E-state index contributed by atoms with van der Waals surface area (Å²) in [6.45, 7) is 0.222. The number of rotatable bonds is 6. The number of ether oxygens (including phenoxy) is 1. The summed E-state index contributed by atoms with van der Waals surface area (Å²) in [5.74, 6) is 0.0778. The van der Waals surface area contributed by atoms with Crippen LogP contribution in [0.25, 0.3) is 0 Å². The van der Waals surface area contributed by atoms with Crippen molar-refractivity contribution < 1.29 is 17.9 Å². The van der Waals surface area contributed by atoms with E-state index in [4.69, 9.17) is 15.4 Å². The van der Waals surface area contributed by atoms with Crippen molar-refractivity contribution >= 4 is 25.8 Å². The summed E-state index contributed by atoms with van der Waals surface area (Å²) in [6, 6.07) is 9.40. The number of hydrogen-bond donors (Lipinski definition) is 1. The number of carbonyl (C=O) groups excluding carboxylic acids is 1. The first-order valence-corrected chi connectivity index (χ1v) is 9.81. The standard InChI is InChI=1S/C15H20ClNO4S/c16-22(19,20)10-9-13-7-4-8-14(13)17-15(18)21-11-12-5-2-1-3-6-12/h1-3,5-6,13-14H,4,7-11H2,(H,17,18). The largest absolute Gasteiger partial charge is 0.445 e. The zero-order chi connectivity index (χ0) is 16.0. The number of benzene rings is 1. The van der Waals surface area contributed by atoms with Crippen LogP contribution in [-0.4, -0.2) is 26.3 Å². The monoisotopic (exact) mass is 345 g/mol. The molecule has 1 aliphatic rings.